The van der Waals surface area contributed by atoms with Crippen molar-refractivity contribution in [2.24, 2.45) is 0 Å². The molecule has 0 fully saturated rings. The molecule has 4 heteroatoms. The highest BCUT2D eigenvalue weighted by atomic mass is 32.2. The van der Waals surface area contributed by atoms with Gasteiger partial charge in [-0.25, -0.2) is 8.42 Å². The van der Waals surface area contributed by atoms with Crippen molar-refractivity contribution in [3.8, 4) is 0 Å². The fraction of sp³-hybridized carbons (Fsp3) is 0.600. The van der Waals surface area contributed by atoms with Crippen molar-refractivity contribution in [1.82, 2.24) is 5.32 Å². The first-order valence-corrected chi connectivity index (χ1v) is 8.46. The minimum atomic E-state index is -3.14. The first-order chi connectivity index (χ1) is 8.77. The molecule has 0 saturated heterocycles. The van der Waals surface area contributed by atoms with Gasteiger partial charge in [-0.3, -0.25) is 0 Å². The lowest BCUT2D eigenvalue weighted by Gasteiger charge is -2.19. The Balaban J connectivity index is 2.74. The van der Waals surface area contributed by atoms with Crippen LogP contribution in [0.5, 0.6) is 0 Å². The van der Waals surface area contributed by atoms with Crippen LogP contribution < -0.4 is 5.32 Å². The van der Waals surface area contributed by atoms with Crippen LogP contribution in [0.25, 0.3) is 0 Å². The molecule has 0 amide bonds. The van der Waals surface area contributed by atoms with E-state index in [4.69, 9.17) is 0 Å². The summed E-state index contributed by atoms with van der Waals surface area (Å²) in [5.41, 5.74) is 1.20. The second-order valence-electron chi connectivity index (χ2n) is 5.80. The highest BCUT2D eigenvalue weighted by Crippen LogP contribution is 2.23. The summed E-state index contributed by atoms with van der Waals surface area (Å²) in [6, 6.07) is 7.28. The molecular formula is C15H25NO2S. The highest BCUT2D eigenvalue weighted by molar-refractivity contribution is 7.91. The molecular weight excluding hydrogens is 258 g/mol. The molecule has 0 aliphatic rings. The normalized spacial score (nSPS) is 12.6. The molecule has 0 spiro atoms. The highest BCUT2D eigenvalue weighted by Gasteiger charge is 2.17. The molecule has 19 heavy (non-hydrogen) atoms. The van der Waals surface area contributed by atoms with Crippen LogP contribution in [-0.4, -0.2) is 27.3 Å². The molecule has 108 valence electrons. The Kier molecular flexibility index (Phi) is 5.56. The van der Waals surface area contributed by atoms with E-state index in [2.05, 4.69) is 26.1 Å². The van der Waals surface area contributed by atoms with Crippen molar-refractivity contribution in [3.05, 3.63) is 29.8 Å². The van der Waals surface area contributed by atoms with Gasteiger partial charge >= 0.3 is 0 Å². The van der Waals surface area contributed by atoms with Crippen molar-refractivity contribution in [3.63, 3.8) is 0 Å². The maximum absolute atomic E-state index is 12.1. The average Bonchev–Trinajstić information content (AvgIpc) is 2.34. The van der Waals surface area contributed by atoms with Crippen LogP contribution in [0.3, 0.4) is 0 Å². The van der Waals surface area contributed by atoms with Gasteiger partial charge in [-0.2, -0.15) is 0 Å². The molecule has 0 unspecified atom stereocenters. The minimum Gasteiger partial charge on any atom is -0.317 e. The van der Waals surface area contributed by atoms with Gasteiger partial charge in [0.15, 0.2) is 9.84 Å². The summed E-state index contributed by atoms with van der Waals surface area (Å²) in [6.45, 7) is 9.99. The number of nitrogens with one attached hydrogen (secondary N) is 1. The number of benzene rings is 1. The lowest BCUT2D eigenvalue weighted by Crippen LogP contribution is -2.18. The zero-order valence-electron chi connectivity index (χ0n) is 12.4. The molecule has 0 saturated carbocycles. The van der Waals surface area contributed by atoms with Gasteiger partial charge in [0.25, 0.3) is 0 Å². The Morgan fingerprint density at radius 2 is 1.68 bits per heavy atom. The molecule has 0 bridgehead atoms. The van der Waals surface area contributed by atoms with Gasteiger partial charge in [0.1, 0.15) is 0 Å². The van der Waals surface area contributed by atoms with Gasteiger partial charge in [-0.05, 0) is 42.6 Å². The van der Waals surface area contributed by atoms with Crippen LogP contribution in [0.1, 0.15) is 39.7 Å². The van der Waals surface area contributed by atoms with Crippen molar-refractivity contribution >= 4 is 9.84 Å². The maximum atomic E-state index is 12.1. The summed E-state index contributed by atoms with van der Waals surface area (Å²) in [6.07, 6.45) is 0.650. The zero-order chi connectivity index (χ0) is 14.5. The van der Waals surface area contributed by atoms with E-state index in [9.17, 15) is 8.42 Å². The van der Waals surface area contributed by atoms with Crippen LogP contribution in [0.2, 0.25) is 0 Å². The molecule has 0 aliphatic heterocycles. The SMILES string of the molecule is CCNCCCS(=O)(=O)c1ccc(C(C)(C)C)cc1. The average molecular weight is 283 g/mol. The third-order valence-electron chi connectivity index (χ3n) is 3.10. The lowest BCUT2D eigenvalue weighted by atomic mass is 9.87. The molecule has 1 rings (SSSR count). The van der Waals surface area contributed by atoms with E-state index in [1.165, 1.54) is 0 Å². The number of rotatable bonds is 6. The molecule has 1 aromatic rings. The topological polar surface area (TPSA) is 46.2 Å². The number of hydrogen-bond donors (Lipinski definition) is 1. The number of hydrogen-bond acceptors (Lipinski definition) is 3. The van der Waals surface area contributed by atoms with Crippen LogP contribution >= 0.6 is 0 Å². The molecule has 0 heterocycles. The zero-order valence-corrected chi connectivity index (χ0v) is 13.2. The number of sulfone groups is 1. The quantitative estimate of drug-likeness (QED) is 0.817. The first-order valence-electron chi connectivity index (χ1n) is 6.81. The fourth-order valence-electron chi connectivity index (χ4n) is 1.84. The van der Waals surface area contributed by atoms with Gasteiger partial charge in [-0.1, -0.05) is 39.8 Å². The van der Waals surface area contributed by atoms with Crippen molar-refractivity contribution < 1.29 is 8.42 Å². The smallest absolute Gasteiger partial charge is 0.178 e. The summed E-state index contributed by atoms with van der Waals surface area (Å²) in [7, 11) is -3.14. The van der Waals surface area contributed by atoms with Crippen molar-refractivity contribution in [2.75, 3.05) is 18.8 Å². The van der Waals surface area contributed by atoms with E-state index in [1.54, 1.807) is 12.1 Å². The largest absolute Gasteiger partial charge is 0.317 e. The van der Waals surface area contributed by atoms with E-state index >= 15 is 0 Å². The Morgan fingerprint density at radius 1 is 1.11 bits per heavy atom. The van der Waals surface area contributed by atoms with Crippen LogP contribution in [-0.2, 0) is 15.3 Å². The molecule has 0 aromatic heterocycles. The van der Waals surface area contributed by atoms with E-state index < -0.39 is 9.84 Å². The molecule has 1 aromatic carbocycles. The molecule has 0 atom stereocenters. The summed E-state index contributed by atoms with van der Waals surface area (Å²) >= 11 is 0. The van der Waals surface area contributed by atoms with E-state index in [1.807, 2.05) is 19.1 Å². The van der Waals surface area contributed by atoms with Crippen LogP contribution in [0.15, 0.2) is 29.2 Å². The maximum Gasteiger partial charge on any atom is 0.178 e. The summed E-state index contributed by atoms with van der Waals surface area (Å²) in [5.74, 6) is 0.203. The second-order valence-corrected chi connectivity index (χ2v) is 7.91. The Morgan fingerprint density at radius 3 is 2.16 bits per heavy atom. The van der Waals surface area contributed by atoms with Crippen molar-refractivity contribution in [2.45, 2.75) is 44.4 Å². The summed E-state index contributed by atoms with van der Waals surface area (Å²) in [4.78, 5) is 0.428. The molecule has 0 aliphatic carbocycles. The molecule has 0 radical (unpaired) electrons. The fourth-order valence-corrected chi connectivity index (χ4v) is 3.15. The standard InChI is InChI=1S/C15H25NO2S/c1-5-16-11-6-12-19(17,18)14-9-7-13(8-10-14)15(2,3)4/h7-10,16H,5-6,11-12H2,1-4H3. The van der Waals surface area contributed by atoms with Crippen LogP contribution in [0.4, 0.5) is 0 Å². The van der Waals surface area contributed by atoms with Crippen molar-refractivity contribution in [1.29, 1.82) is 0 Å². The Labute approximate surface area is 117 Å². The Bertz CT molecular complexity index is 484. The van der Waals surface area contributed by atoms with Gasteiger partial charge < -0.3 is 5.32 Å². The Hall–Kier alpha value is -0.870. The molecule has 3 nitrogen and oxygen atoms in total. The molecule has 1 N–H and O–H groups in total. The third kappa shape index (κ3) is 4.96. The van der Waals surface area contributed by atoms with Gasteiger partial charge in [0, 0.05) is 0 Å². The van der Waals surface area contributed by atoms with Gasteiger partial charge in [0.2, 0.25) is 0 Å². The van der Waals surface area contributed by atoms with E-state index in [-0.39, 0.29) is 11.2 Å². The predicted octanol–water partition coefficient (Wildman–Crippen LogP) is 2.76. The van der Waals surface area contributed by atoms with E-state index in [0.717, 1.165) is 18.7 Å². The monoisotopic (exact) mass is 283 g/mol. The van der Waals surface area contributed by atoms with E-state index in [0.29, 0.717) is 11.3 Å². The minimum absolute atomic E-state index is 0.0489. The van der Waals surface area contributed by atoms with Gasteiger partial charge in [-0.15, -0.1) is 0 Å². The van der Waals surface area contributed by atoms with Crippen LogP contribution in [0, 0.1) is 0 Å². The lowest BCUT2D eigenvalue weighted by molar-refractivity contribution is 0.584. The summed E-state index contributed by atoms with van der Waals surface area (Å²) in [5, 5.41) is 3.14. The first kappa shape index (κ1) is 16.2. The third-order valence-corrected chi connectivity index (χ3v) is 4.91. The van der Waals surface area contributed by atoms with Gasteiger partial charge in [0.05, 0.1) is 10.6 Å². The summed E-state index contributed by atoms with van der Waals surface area (Å²) < 4.78 is 24.3. The second kappa shape index (κ2) is 6.53. The predicted molar refractivity (Wildman–Crippen MR) is 80.4 cm³/mol.